The van der Waals surface area contributed by atoms with E-state index in [2.05, 4.69) is 29.1 Å². The van der Waals surface area contributed by atoms with E-state index in [1.807, 2.05) is 0 Å². The van der Waals surface area contributed by atoms with Crippen LogP contribution in [0.15, 0.2) is 0 Å². The van der Waals surface area contributed by atoms with Crippen LogP contribution in [0.5, 0.6) is 0 Å². The first kappa shape index (κ1) is 16.8. The zero-order valence-electron chi connectivity index (χ0n) is 13.9. The Morgan fingerprint density at radius 2 is 2.00 bits per heavy atom. The highest BCUT2D eigenvalue weighted by atomic mass is 16.2. The first-order chi connectivity index (χ1) is 10.2. The van der Waals surface area contributed by atoms with Crippen LogP contribution in [-0.4, -0.2) is 62.0 Å². The van der Waals surface area contributed by atoms with Crippen molar-refractivity contribution in [2.45, 2.75) is 45.4 Å². The molecule has 0 aromatic heterocycles. The van der Waals surface area contributed by atoms with Gasteiger partial charge >= 0.3 is 0 Å². The molecule has 2 aliphatic heterocycles. The summed E-state index contributed by atoms with van der Waals surface area (Å²) in [5.74, 6) is 1.85. The van der Waals surface area contributed by atoms with Crippen LogP contribution in [0.2, 0.25) is 0 Å². The molecule has 0 aromatic rings. The van der Waals surface area contributed by atoms with E-state index in [1.54, 1.807) is 0 Å². The van der Waals surface area contributed by atoms with Gasteiger partial charge in [-0.25, -0.2) is 0 Å². The van der Waals surface area contributed by atoms with Gasteiger partial charge in [-0.3, -0.25) is 4.79 Å². The van der Waals surface area contributed by atoms with E-state index in [0.29, 0.717) is 11.8 Å². The second-order valence-electron chi connectivity index (χ2n) is 6.99. The van der Waals surface area contributed by atoms with Crippen LogP contribution in [0.1, 0.15) is 45.4 Å². The fourth-order valence-electron chi connectivity index (χ4n) is 3.78. The Morgan fingerprint density at radius 1 is 1.24 bits per heavy atom. The minimum atomic E-state index is 0.397. The number of rotatable bonds is 7. The van der Waals surface area contributed by atoms with Crippen molar-refractivity contribution in [3.8, 4) is 0 Å². The average molecular weight is 295 g/mol. The lowest BCUT2D eigenvalue weighted by atomic mass is 9.93. The molecule has 2 aliphatic rings. The lowest BCUT2D eigenvalue weighted by Crippen LogP contribution is -2.33. The van der Waals surface area contributed by atoms with Crippen LogP contribution in [0.3, 0.4) is 0 Å². The van der Waals surface area contributed by atoms with Gasteiger partial charge in [-0.2, -0.15) is 0 Å². The molecule has 1 amide bonds. The van der Waals surface area contributed by atoms with E-state index in [0.717, 1.165) is 51.5 Å². The Labute approximate surface area is 130 Å². The molecule has 2 rings (SSSR count). The molecule has 2 heterocycles. The number of carbonyl (C=O) groups excluding carboxylic acids is 1. The van der Waals surface area contributed by atoms with Gasteiger partial charge in [0.2, 0.25) is 5.91 Å². The summed E-state index contributed by atoms with van der Waals surface area (Å²) < 4.78 is 0. The molecule has 2 saturated heterocycles. The van der Waals surface area contributed by atoms with Crippen LogP contribution in [0, 0.1) is 11.8 Å². The summed E-state index contributed by atoms with van der Waals surface area (Å²) in [6, 6.07) is 0. The highest BCUT2D eigenvalue weighted by Crippen LogP contribution is 2.22. The highest BCUT2D eigenvalue weighted by Gasteiger charge is 2.27. The van der Waals surface area contributed by atoms with Crippen molar-refractivity contribution < 1.29 is 4.79 Å². The van der Waals surface area contributed by atoms with Crippen LogP contribution < -0.4 is 5.32 Å². The molecule has 0 aromatic carbocycles. The largest absolute Gasteiger partial charge is 0.342 e. The van der Waals surface area contributed by atoms with E-state index >= 15 is 0 Å². The fraction of sp³-hybridized carbons (Fsp3) is 0.941. The van der Waals surface area contributed by atoms with Gasteiger partial charge in [0.15, 0.2) is 0 Å². The number of nitrogens with zero attached hydrogens (tertiary/aromatic N) is 2. The smallest absolute Gasteiger partial charge is 0.222 e. The monoisotopic (exact) mass is 295 g/mol. The third-order valence-electron chi connectivity index (χ3n) is 5.04. The lowest BCUT2D eigenvalue weighted by Gasteiger charge is -2.24. The van der Waals surface area contributed by atoms with Crippen molar-refractivity contribution in [1.82, 2.24) is 15.1 Å². The van der Waals surface area contributed by atoms with Gasteiger partial charge in [0.25, 0.3) is 0 Å². The Bertz CT molecular complexity index is 315. The predicted octanol–water partition coefficient (Wildman–Crippen LogP) is 1.96. The topological polar surface area (TPSA) is 35.6 Å². The lowest BCUT2D eigenvalue weighted by molar-refractivity contribution is -0.130. The van der Waals surface area contributed by atoms with Crippen molar-refractivity contribution in [2.75, 3.05) is 46.3 Å². The van der Waals surface area contributed by atoms with Gasteiger partial charge < -0.3 is 15.1 Å². The van der Waals surface area contributed by atoms with E-state index in [4.69, 9.17) is 0 Å². The molecular formula is C17H33N3O. The molecule has 4 heteroatoms. The minimum absolute atomic E-state index is 0.397. The average Bonchev–Trinajstić information content (AvgIpc) is 2.94. The van der Waals surface area contributed by atoms with Gasteiger partial charge in [-0.1, -0.05) is 6.92 Å². The maximum absolute atomic E-state index is 12.3. The third kappa shape index (κ3) is 5.59. The number of amides is 1. The Morgan fingerprint density at radius 3 is 2.71 bits per heavy atom. The number of carbonyl (C=O) groups is 1. The predicted molar refractivity (Wildman–Crippen MR) is 87.3 cm³/mol. The Kier molecular flexibility index (Phi) is 6.97. The van der Waals surface area contributed by atoms with Crippen LogP contribution in [0.4, 0.5) is 0 Å². The zero-order chi connectivity index (χ0) is 15.1. The molecule has 0 spiro atoms. The molecule has 122 valence electrons. The molecule has 0 saturated carbocycles. The first-order valence-corrected chi connectivity index (χ1v) is 8.86. The van der Waals surface area contributed by atoms with E-state index in [9.17, 15) is 4.79 Å². The molecule has 4 nitrogen and oxygen atoms in total. The maximum Gasteiger partial charge on any atom is 0.222 e. The van der Waals surface area contributed by atoms with E-state index < -0.39 is 0 Å². The first-order valence-electron chi connectivity index (χ1n) is 8.86. The summed E-state index contributed by atoms with van der Waals surface area (Å²) in [7, 11) is 2.20. The van der Waals surface area contributed by atoms with Crippen LogP contribution in [-0.2, 0) is 4.79 Å². The van der Waals surface area contributed by atoms with Crippen LogP contribution in [0.25, 0.3) is 0 Å². The highest BCUT2D eigenvalue weighted by molar-refractivity contribution is 5.76. The molecule has 1 N–H and O–H groups in total. The second-order valence-corrected chi connectivity index (χ2v) is 6.99. The van der Waals surface area contributed by atoms with E-state index in [-0.39, 0.29) is 0 Å². The third-order valence-corrected chi connectivity index (χ3v) is 5.04. The Balaban J connectivity index is 1.64. The molecule has 1 atom stereocenters. The summed E-state index contributed by atoms with van der Waals surface area (Å²) in [6.07, 6.45) is 6.75. The standard InChI is InChI=1S/C17H33N3O/c1-3-11-19(2)13-16-8-12-20(14-16)17(21)5-4-15-6-9-18-10-7-15/h15-16,18H,3-14H2,1-2H3. The van der Waals surface area contributed by atoms with Gasteiger partial charge in [0, 0.05) is 26.1 Å². The SMILES string of the molecule is CCCN(C)CC1CCN(C(=O)CCC2CCNCC2)C1. The van der Waals surface area contributed by atoms with Gasteiger partial charge in [0.05, 0.1) is 0 Å². The van der Waals surface area contributed by atoms with Gasteiger partial charge in [0.1, 0.15) is 0 Å². The molecule has 0 radical (unpaired) electrons. The fourth-order valence-corrected chi connectivity index (χ4v) is 3.78. The van der Waals surface area contributed by atoms with Crippen molar-refractivity contribution in [3.05, 3.63) is 0 Å². The summed E-state index contributed by atoms with van der Waals surface area (Å²) in [6.45, 7) is 8.77. The second kappa shape index (κ2) is 8.74. The van der Waals surface area contributed by atoms with Gasteiger partial charge in [-0.15, -0.1) is 0 Å². The number of likely N-dealkylation sites (tertiary alicyclic amines) is 1. The minimum Gasteiger partial charge on any atom is -0.342 e. The normalized spacial score (nSPS) is 24.0. The molecular weight excluding hydrogens is 262 g/mol. The van der Waals surface area contributed by atoms with Crippen molar-refractivity contribution >= 4 is 5.91 Å². The Hall–Kier alpha value is -0.610. The summed E-state index contributed by atoms with van der Waals surface area (Å²) >= 11 is 0. The summed E-state index contributed by atoms with van der Waals surface area (Å²) in [4.78, 5) is 16.9. The summed E-state index contributed by atoms with van der Waals surface area (Å²) in [5, 5.41) is 3.39. The van der Waals surface area contributed by atoms with Gasteiger partial charge in [-0.05, 0) is 70.6 Å². The van der Waals surface area contributed by atoms with Crippen molar-refractivity contribution in [3.63, 3.8) is 0 Å². The maximum atomic E-state index is 12.3. The molecule has 2 fully saturated rings. The molecule has 1 unspecified atom stereocenters. The molecule has 21 heavy (non-hydrogen) atoms. The number of hydrogen-bond donors (Lipinski definition) is 1. The van der Waals surface area contributed by atoms with E-state index in [1.165, 1.54) is 32.2 Å². The van der Waals surface area contributed by atoms with Crippen LogP contribution >= 0.6 is 0 Å². The molecule has 0 aliphatic carbocycles. The van der Waals surface area contributed by atoms with Crippen molar-refractivity contribution in [2.24, 2.45) is 11.8 Å². The number of hydrogen-bond acceptors (Lipinski definition) is 3. The summed E-state index contributed by atoms with van der Waals surface area (Å²) in [5.41, 5.74) is 0. The number of nitrogens with one attached hydrogen (secondary N) is 1. The quantitative estimate of drug-likeness (QED) is 0.780. The molecule has 0 bridgehead atoms. The zero-order valence-corrected chi connectivity index (χ0v) is 13.9. The number of piperidine rings is 1. The van der Waals surface area contributed by atoms with Crippen molar-refractivity contribution in [1.29, 1.82) is 0 Å².